The second-order valence-corrected chi connectivity index (χ2v) is 4.68. The van der Waals surface area contributed by atoms with Crippen molar-refractivity contribution in [2.75, 3.05) is 20.8 Å². The maximum Gasteiger partial charge on any atom is 0.122 e. The quantitative estimate of drug-likeness (QED) is 0.833. The van der Waals surface area contributed by atoms with Gasteiger partial charge in [-0.05, 0) is 35.6 Å². The zero-order chi connectivity index (χ0) is 12.2. The van der Waals surface area contributed by atoms with Crippen LogP contribution in [-0.4, -0.2) is 25.9 Å². The van der Waals surface area contributed by atoms with E-state index in [0.29, 0.717) is 0 Å². The Morgan fingerprint density at radius 2 is 1.88 bits per heavy atom. The molecule has 0 radical (unpaired) electrons. The molecule has 1 rings (SSSR count). The molecule has 16 heavy (non-hydrogen) atoms. The van der Waals surface area contributed by atoms with E-state index in [9.17, 15) is 5.11 Å². The van der Waals surface area contributed by atoms with Gasteiger partial charge >= 0.3 is 0 Å². The summed E-state index contributed by atoms with van der Waals surface area (Å²) in [5, 5.41) is 9.27. The number of rotatable bonds is 5. The largest absolute Gasteiger partial charge is 0.497 e. The molecule has 1 aromatic rings. The first-order chi connectivity index (χ1) is 7.52. The summed E-state index contributed by atoms with van der Waals surface area (Å²) < 4.78 is 10.5. The standard InChI is InChI=1S/C13H20O3/c1-13(2,9-14)8-10-7-11(15-3)5-6-12(10)16-4/h5-7,14H,8-9H2,1-4H3. The van der Waals surface area contributed by atoms with Crippen molar-refractivity contribution in [3.05, 3.63) is 23.8 Å². The first-order valence-electron chi connectivity index (χ1n) is 5.34. The fourth-order valence-corrected chi connectivity index (χ4v) is 1.59. The van der Waals surface area contributed by atoms with Crippen molar-refractivity contribution in [3.63, 3.8) is 0 Å². The van der Waals surface area contributed by atoms with Crippen LogP contribution in [0.3, 0.4) is 0 Å². The van der Waals surface area contributed by atoms with Crippen LogP contribution in [0.2, 0.25) is 0 Å². The summed E-state index contributed by atoms with van der Waals surface area (Å²) in [6.45, 7) is 4.19. The molecule has 0 amide bonds. The van der Waals surface area contributed by atoms with Crippen molar-refractivity contribution in [3.8, 4) is 11.5 Å². The van der Waals surface area contributed by atoms with Gasteiger partial charge < -0.3 is 14.6 Å². The SMILES string of the molecule is COc1ccc(OC)c(CC(C)(C)CO)c1. The van der Waals surface area contributed by atoms with Gasteiger partial charge in [-0.25, -0.2) is 0 Å². The van der Waals surface area contributed by atoms with Crippen molar-refractivity contribution in [2.24, 2.45) is 5.41 Å². The predicted molar refractivity (Wildman–Crippen MR) is 64.1 cm³/mol. The molecule has 0 aliphatic carbocycles. The Bertz CT molecular complexity index is 345. The molecule has 0 unspecified atom stereocenters. The van der Waals surface area contributed by atoms with E-state index in [-0.39, 0.29) is 12.0 Å². The Morgan fingerprint density at radius 3 is 2.38 bits per heavy atom. The number of hydrogen-bond donors (Lipinski definition) is 1. The lowest BCUT2D eigenvalue weighted by Crippen LogP contribution is -2.20. The van der Waals surface area contributed by atoms with E-state index < -0.39 is 0 Å². The average Bonchev–Trinajstić information content (AvgIpc) is 2.28. The highest BCUT2D eigenvalue weighted by Gasteiger charge is 2.19. The van der Waals surface area contributed by atoms with Crippen LogP contribution >= 0.6 is 0 Å². The summed E-state index contributed by atoms with van der Waals surface area (Å²) in [4.78, 5) is 0. The number of aliphatic hydroxyl groups excluding tert-OH is 1. The summed E-state index contributed by atoms with van der Waals surface area (Å²) in [5.41, 5.74) is 0.903. The van der Waals surface area contributed by atoms with Crippen LogP contribution in [0.25, 0.3) is 0 Å². The molecular formula is C13H20O3. The van der Waals surface area contributed by atoms with E-state index in [1.54, 1.807) is 14.2 Å². The van der Waals surface area contributed by atoms with Gasteiger partial charge in [-0.2, -0.15) is 0 Å². The first kappa shape index (κ1) is 12.8. The van der Waals surface area contributed by atoms with Crippen LogP contribution in [0, 0.1) is 5.41 Å². The van der Waals surface area contributed by atoms with Crippen molar-refractivity contribution in [1.82, 2.24) is 0 Å². The first-order valence-corrected chi connectivity index (χ1v) is 5.34. The van der Waals surface area contributed by atoms with Gasteiger partial charge in [-0.3, -0.25) is 0 Å². The van der Waals surface area contributed by atoms with Gasteiger partial charge in [0.2, 0.25) is 0 Å². The molecule has 3 heteroatoms. The molecule has 0 saturated carbocycles. The van der Waals surface area contributed by atoms with E-state index in [0.717, 1.165) is 23.5 Å². The minimum Gasteiger partial charge on any atom is -0.497 e. The Labute approximate surface area is 97.0 Å². The minimum atomic E-state index is -0.153. The molecule has 0 fully saturated rings. The van der Waals surface area contributed by atoms with Crippen LogP contribution in [-0.2, 0) is 6.42 Å². The van der Waals surface area contributed by atoms with Crippen LogP contribution < -0.4 is 9.47 Å². The summed E-state index contributed by atoms with van der Waals surface area (Å²) in [5.74, 6) is 1.65. The molecule has 0 aliphatic heterocycles. The summed E-state index contributed by atoms with van der Waals surface area (Å²) in [6, 6.07) is 5.71. The molecule has 0 spiro atoms. The van der Waals surface area contributed by atoms with Gasteiger partial charge in [0.05, 0.1) is 14.2 Å². The Morgan fingerprint density at radius 1 is 1.19 bits per heavy atom. The molecule has 0 heterocycles. The van der Waals surface area contributed by atoms with Gasteiger partial charge in [-0.15, -0.1) is 0 Å². The molecule has 1 aromatic carbocycles. The highest BCUT2D eigenvalue weighted by atomic mass is 16.5. The smallest absolute Gasteiger partial charge is 0.122 e. The molecule has 90 valence electrons. The monoisotopic (exact) mass is 224 g/mol. The topological polar surface area (TPSA) is 38.7 Å². The fraction of sp³-hybridized carbons (Fsp3) is 0.538. The van der Waals surface area contributed by atoms with E-state index >= 15 is 0 Å². The minimum absolute atomic E-state index is 0.146. The highest BCUT2D eigenvalue weighted by Crippen LogP contribution is 2.30. The van der Waals surface area contributed by atoms with Gasteiger partial charge in [-0.1, -0.05) is 13.8 Å². The zero-order valence-electron chi connectivity index (χ0n) is 10.4. The summed E-state index contributed by atoms with van der Waals surface area (Å²) in [6.07, 6.45) is 0.754. The lowest BCUT2D eigenvalue weighted by atomic mass is 9.86. The number of ether oxygens (including phenoxy) is 2. The molecular weight excluding hydrogens is 204 g/mol. The summed E-state index contributed by atoms with van der Waals surface area (Å²) >= 11 is 0. The number of benzene rings is 1. The molecule has 1 N–H and O–H groups in total. The van der Waals surface area contributed by atoms with Gasteiger partial charge in [0.15, 0.2) is 0 Å². The zero-order valence-corrected chi connectivity index (χ0v) is 10.4. The maximum absolute atomic E-state index is 9.27. The third-order valence-electron chi connectivity index (χ3n) is 2.58. The van der Waals surface area contributed by atoms with Gasteiger partial charge in [0.25, 0.3) is 0 Å². The third-order valence-corrected chi connectivity index (χ3v) is 2.58. The van der Waals surface area contributed by atoms with E-state index in [4.69, 9.17) is 9.47 Å². The van der Waals surface area contributed by atoms with E-state index in [1.165, 1.54) is 0 Å². The fourth-order valence-electron chi connectivity index (χ4n) is 1.59. The summed E-state index contributed by atoms with van der Waals surface area (Å²) in [7, 11) is 3.29. The third kappa shape index (κ3) is 3.14. The van der Waals surface area contributed by atoms with E-state index in [1.807, 2.05) is 32.0 Å². The van der Waals surface area contributed by atoms with Gasteiger partial charge in [0, 0.05) is 6.61 Å². The molecule has 0 bridgehead atoms. The molecule has 0 saturated heterocycles. The van der Waals surface area contributed by atoms with Gasteiger partial charge in [0.1, 0.15) is 11.5 Å². The van der Waals surface area contributed by atoms with Crippen LogP contribution in [0.4, 0.5) is 0 Å². The normalized spacial score (nSPS) is 11.3. The van der Waals surface area contributed by atoms with Crippen molar-refractivity contribution >= 4 is 0 Å². The second kappa shape index (κ2) is 5.21. The lowest BCUT2D eigenvalue weighted by molar-refractivity contribution is 0.158. The van der Waals surface area contributed by atoms with E-state index in [2.05, 4.69) is 0 Å². The number of hydrogen-bond acceptors (Lipinski definition) is 3. The van der Waals surface area contributed by atoms with Crippen molar-refractivity contribution in [1.29, 1.82) is 0 Å². The van der Waals surface area contributed by atoms with Crippen LogP contribution in [0.5, 0.6) is 11.5 Å². The molecule has 3 nitrogen and oxygen atoms in total. The second-order valence-electron chi connectivity index (χ2n) is 4.68. The predicted octanol–water partition coefficient (Wildman–Crippen LogP) is 2.26. The van der Waals surface area contributed by atoms with Crippen molar-refractivity contribution in [2.45, 2.75) is 20.3 Å². The Hall–Kier alpha value is -1.22. The molecule has 0 atom stereocenters. The van der Waals surface area contributed by atoms with Crippen LogP contribution in [0.15, 0.2) is 18.2 Å². The highest BCUT2D eigenvalue weighted by molar-refractivity contribution is 5.40. The van der Waals surface area contributed by atoms with Crippen LogP contribution in [0.1, 0.15) is 19.4 Å². The molecule has 0 aliphatic rings. The number of aliphatic hydroxyl groups is 1. The number of methoxy groups -OCH3 is 2. The average molecular weight is 224 g/mol. The Balaban J connectivity index is 3.00. The Kier molecular flexibility index (Phi) is 4.19. The van der Waals surface area contributed by atoms with Crippen molar-refractivity contribution < 1.29 is 14.6 Å². The molecule has 0 aromatic heterocycles. The maximum atomic E-state index is 9.27. The lowest BCUT2D eigenvalue weighted by Gasteiger charge is -2.23.